The maximum absolute atomic E-state index is 8.85. The van der Waals surface area contributed by atoms with Crippen molar-refractivity contribution in [2.45, 2.75) is 6.92 Å². The highest BCUT2D eigenvalue weighted by atomic mass is 16.5. The number of aryl methyl sites for hydroxylation is 1. The van der Waals surface area contributed by atoms with Gasteiger partial charge in [-0.1, -0.05) is 17.3 Å². The minimum Gasteiger partial charge on any atom is -0.339 e. The van der Waals surface area contributed by atoms with Crippen molar-refractivity contribution >= 4 is 0 Å². The van der Waals surface area contributed by atoms with E-state index in [0.29, 0.717) is 22.8 Å². The van der Waals surface area contributed by atoms with E-state index in [1.54, 1.807) is 25.1 Å². The van der Waals surface area contributed by atoms with Crippen molar-refractivity contribution in [3.05, 3.63) is 35.7 Å². The summed E-state index contributed by atoms with van der Waals surface area (Å²) in [5, 5.41) is 12.6. The van der Waals surface area contributed by atoms with Crippen LogP contribution in [-0.2, 0) is 0 Å². The third-order valence-electron chi connectivity index (χ3n) is 1.82. The highest BCUT2D eigenvalue weighted by Gasteiger charge is 2.09. The van der Waals surface area contributed by atoms with Gasteiger partial charge in [-0.15, -0.1) is 0 Å². The number of nitrogens with zero attached hydrogens (tertiary/aromatic N) is 3. The van der Waals surface area contributed by atoms with Crippen molar-refractivity contribution < 1.29 is 4.52 Å². The lowest BCUT2D eigenvalue weighted by molar-refractivity contribution is 0.394. The number of hydrogen-bond donors (Lipinski definition) is 0. The van der Waals surface area contributed by atoms with Crippen LogP contribution in [0.4, 0.5) is 0 Å². The molecular formula is C10H7N3O. The van der Waals surface area contributed by atoms with E-state index in [4.69, 9.17) is 9.78 Å². The molecule has 1 heterocycles. The standard InChI is InChI=1S/C10H7N3O/c1-7-12-10(13-14-7)9-5-3-2-4-8(9)6-11/h2-5H,1H3. The van der Waals surface area contributed by atoms with Gasteiger partial charge in [0.05, 0.1) is 11.6 Å². The SMILES string of the molecule is Cc1nc(-c2ccccc2C#N)no1. The van der Waals surface area contributed by atoms with E-state index < -0.39 is 0 Å². The minimum atomic E-state index is 0.458. The molecular weight excluding hydrogens is 178 g/mol. The van der Waals surface area contributed by atoms with Crippen LogP contribution in [-0.4, -0.2) is 10.1 Å². The van der Waals surface area contributed by atoms with E-state index in [0.717, 1.165) is 0 Å². The van der Waals surface area contributed by atoms with E-state index in [2.05, 4.69) is 16.2 Å². The normalized spacial score (nSPS) is 9.71. The molecule has 0 saturated carbocycles. The Kier molecular flexibility index (Phi) is 1.99. The minimum absolute atomic E-state index is 0.458. The Labute approximate surface area is 80.8 Å². The third-order valence-corrected chi connectivity index (χ3v) is 1.82. The molecule has 0 bridgehead atoms. The molecule has 0 amide bonds. The molecule has 0 atom stereocenters. The summed E-state index contributed by atoms with van der Waals surface area (Å²) in [4.78, 5) is 4.06. The number of nitriles is 1. The Morgan fingerprint density at radius 1 is 1.36 bits per heavy atom. The lowest BCUT2D eigenvalue weighted by Crippen LogP contribution is -1.85. The molecule has 1 aromatic carbocycles. The van der Waals surface area contributed by atoms with Crippen LogP contribution in [0.5, 0.6) is 0 Å². The van der Waals surface area contributed by atoms with Gasteiger partial charge in [-0.3, -0.25) is 0 Å². The predicted octanol–water partition coefficient (Wildman–Crippen LogP) is 1.92. The molecule has 0 radical (unpaired) electrons. The number of rotatable bonds is 1. The monoisotopic (exact) mass is 185 g/mol. The molecule has 1 aromatic heterocycles. The zero-order chi connectivity index (χ0) is 9.97. The summed E-state index contributed by atoms with van der Waals surface area (Å²) in [6.07, 6.45) is 0. The summed E-state index contributed by atoms with van der Waals surface area (Å²) in [7, 11) is 0. The molecule has 0 aliphatic heterocycles. The number of aromatic nitrogens is 2. The van der Waals surface area contributed by atoms with Gasteiger partial charge in [0, 0.05) is 12.5 Å². The molecule has 2 rings (SSSR count). The maximum atomic E-state index is 8.85. The quantitative estimate of drug-likeness (QED) is 0.680. The Bertz CT molecular complexity index is 496. The topological polar surface area (TPSA) is 62.7 Å². The molecule has 0 spiro atoms. The van der Waals surface area contributed by atoms with Crippen molar-refractivity contribution in [3.8, 4) is 17.5 Å². The van der Waals surface area contributed by atoms with Gasteiger partial charge in [0.2, 0.25) is 11.7 Å². The van der Waals surface area contributed by atoms with Gasteiger partial charge >= 0.3 is 0 Å². The fourth-order valence-electron chi connectivity index (χ4n) is 1.18. The van der Waals surface area contributed by atoms with Gasteiger partial charge in [0.25, 0.3) is 0 Å². The van der Waals surface area contributed by atoms with Crippen LogP contribution in [0.2, 0.25) is 0 Å². The number of benzene rings is 1. The number of hydrogen-bond acceptors (Lipinski definition) is 4. The molecule has 0 unspecified atom stereocenters. The molecule has 0 fully saturated rings. The van der Waals surface area contributed by atoms with Crippen molar-refractivity contribution in [2.75, 3.05) is 0 Å². The van der Waals surface area contributed by atoms with Crippen LogP contribution in [0, 0.1) is 18.3 Å². The highest BCUT2D eigenvalue weighted by molar-refractivity contribution is 5.63. The van der Waals surface area contributed by atoms with E-state index in [9.17, 15) is 0 Å². The van der Waals surface area contributed by atoms with Crippen molar-refractivity contribution in [1.82, 2.24) is 10.1 Å². The summed E-state index contributed by atoms with van der Waals surface area (Å²) >= 11 is 0. The first kappa shape index (κ1) is 8.45. The van der Waals surface area contributed by atoms with Crippen LogP contribution >= 0.6 is 0 Å². The van der Waals surface area contributed by atoms with Crippen LogP contribution < -0.4 is 0 Å². The van der Waals surface area contributed by atoms with Crippen LogP contribution in [0.25, 0.3) is 11.4 Å². The Hall–Kier alpha value is -2.15. The molecule has 0 aliphatic rings. The second kappa shape index (κ2) is 3.30. The summed E-state index contributed by atoms with van der Waals surface area (Å²) in [5.74, 6) is 0.951. The third kappa shape index (κ3) is 1.36. The average molecular weight is 185 g/mol. The largest absolute Gasteiger partial charge is 0.339 e. The van der Waals surface area contributed by atoms with Gasteiger partial charge in [-0.25, -0.2) is 0 Å². The maximum Gasteiger partial charge on any atom is 0.223 e. The van der Waals surface area contributed by atoms with Gasteiger partial charge < -0.3 is 4.52 Å². The van der Waals surface area contributed by atoms with Gasteiger partial charge in [-0.05, 0) is 12.1 Å². The van der Waals surface area contributed by atoms with Gasteiger partial charge in [0.15, 0.2) is 0 Å². The molecule has 0 N–H and O–H groups in total. The molecule has 0 aliphatic carbocycles. The van der Waals surface area contributed by atoms with E-state index >= 15 is 0 Å². The van der Waals surface area contributed by atoms with E-state index in [1.807, 2.05) is 6.07 Å². The predicted molar refractivity (Wildman–Crippen MR) is 49.2 cm³/mol. The zero-order valence-corrected chi connectivity index (χ0v) is 7.56. The first-order chi connectivity index (χ1) is 6.81. The second-order valence-electron chi connectivity index (χ2n) is 2.79. The molecule has 4 heteroatoms. The van der Waals surface area contributed by atoms with E-state index in [-0.39, 0.29) is 0 Å². The lowest BCUT2D eigenvalue weighted by Gasteiger charge is -1.95. The molecule has 2 aromatic rings. The zero-order valence-electron chi connectivity index (χ0n) is 7.56. The molecule has 14 heavy (non-hydrogen) atoms. The lowest BCUT2D eigenvalue weighted by atomic mass is 10.1. The molecule has 4 nitrogen and oxygen atoms in total. The van der Waals surface area contributed by atoms with Crippen LogP contribution in [0.3, 0.4) is 0 Å². The highest BCUT2D eigenvalue weighted by Crippen LogP contribution is 2.19. The van der Waals surface area contributed by atoms with E-state index in [1.165, 1.54) is 0 Å². The fourth-order valence-corrected chi connectivity index (χ4v) is 1.18. The average Bonchev–Trinajstić information content (AvgIpc) is 2.65. The fraction of sp³-hybridized carbons (Fsp3) is 0.100. The van der Waals surface area contributed by atoms with Gasteiger partial charge in [0.1, 0.15) is 0 Å². The van der Waals surface area contributed by atoms with Crippen molar-refractivity contribution in [3.63, 3.8) is 0 Å². The Morgan fingerprint density at radius 3 is 2.79 bits per heavy atom. The Balaban J connectivity index is 2.57. The molecule has 68 valence electrons. The van der Waals surface area contributed by atoms with Crippen molar-refractivity contribution in [1.29, 1.82) is 5.26 Å². The smallest absolute Gasteiger partial charge is 0.223 e. The van der Waals surface area contributed by atoms with Gasteiger partial charge in [-0.2, -0.15) is 10.2 Å². The summed E-state index contributed by atoms with van der Waals surface area (Å²) in [5.41, 5.74) is 1.25. The van der Waals surface area contributed by atoms with Crippen molar-refractivity contribution in [2.24, 2.45) is 0 Å². The first-order valence-corrected chi connectivity index (χ1v) is 4.11. The van der Waals surface area contributed by atoms with Crippen LogP contribution in [0.1, 0.15) is 11.5 Å². The van der Waals surface area contributed by atoms with Crippen LogP contribution in [0.15, 0.2) is 28.8 Å². The second-order valence-corrected chi connectivity index (χ2v) is 2.79. The Morgan fingerprint density at radius 2 is 2.14 bits per heavy atom. The molecule has 0 saturated heterocycles. The summed E-state index contributed by atoms with van der Waals surface area (Å²) in [6, 6.07) is 9.24. The summed E-state index contributed by atoms with van der Waals surface area (Å²) in [6.45, 7) is 1.71. The summed E-state index contributed by atoms with van der Waals surface area (Å²) < 4.78 is 4.85. The first-order valence-electron chi connectivity index (χ1n) is 4.11.